The molecule has 1 aromatic heterocycles. The molecule has 124 valence electrons. The summed E-state index contributed by atoms with van der Waals surface area (Å²) in [5.74, 6) is 1.28. The summed E-state index contributed by atoms with van der Waals surface area (Å²) in [6, 6.07) is 7.27. The third kappa shape index (κ3) is 2.54. The van der Waals surface area contributed by atoms with Gasteiger partial charge in [0.15, 0.2) is 39.9 Å². The summed E-state index contributed by atoms with van der Waals surface area (Å²) < 4.78 is 36.3. The van der Waals surface area contributed by atoms with Crippen LogP contribution >= 0.6 is 11.8 Å². The van der Waals surface area contributed by atoms with Crippen LogP contribution in [0.15, 0.2) is 28.7 Å². The van der Waals surface area contributed by atoms with Gasteiger partial charge in [-0.05, 0) is 30.2 Å². The van der Waals surface area contributed by atoms with Crippen molar-refractivity contribution in [2.75, 3.05) is 11.5 Å². The summed E-state index contributed by atoms with van der Waals surface area (Å²) in [5.41, 5.74) is 1.53. The van der Waals surface area contributed by atoms with Crippen LogP contribution in [0.4, 0.5) is 8.78 Å². The summed E-state index contributed by atoms with van der Waals surface area (Å²) in [4.78, 5) is 0. The third-order valence-electron chi connectivity index (χ3n) is 4.26. The molecule has 3 aromatic rings. The fourth-order valence-corrected chi connectivity index (χ4v) is 5.68. The summed E-state index contributed by atoms with van der Waals surface area (Å²) >= 11 is 3.36. The average molecular weight is 363 g/mol. The molecular weight excluding hydrogens is 346 g/mol. The van der Waals surface area contributed by atoms with Crippen molar-refractivity contribution in [3.05, 3.63) is 47.0 Å². The molecule has 2 heterocycles. The first kappa shape index (κ1) is 16.0. The van der Waals surface area contributed by atoms with Gasteiger partial charge in [0.1, 0.15) is 0 Å². The molecule has 24 heavy (non-hydrogen) atoms. The van der Waals surface area contributed by atoms with Crippen LogP contribution in [-0.4, -0.2) is 15.7 Å². The van der Waals surface area contributed by atoms with Gasteiger partial charge in [-0.2, -0.15) is 0 Å². The molecule has 0 radical (unpaired) electrons. The number of hydrogen-bond acceptors (Lipinski definition) is 2. The Labute approximate surface area is 147 Å². The number of halogens is 2. The van der Waals surface area contributed by atoms with E-state index in [2.05, 4.69) is 0 Å². The molecule has 0 N–H and O–H groups in total. The molecule has 0 amide bonds. The van der Waals surface area contributed by atoms with Crippen molar-refractivity contribution >= 4 is 49.2 Å². The first-order chi connectivity index (χ1) is 11.7. The third-order valence-corrected chi connectivity index (χ3v) is 6.92. The van der Waals surface area contributed by atoms with E-state index in [1.807, 2.05) is 19.1 Å². The maximum atomic E-state index is 15.0. The van der Waals surface area contributed by atoms with E-state index in [9.17, 15) is 4.39 Å². The van der Waals surface area contributed by atoms with E-state index in [1.165, 1.54) is 0 Å². The monoisotopic (exact) mass is 363 g/mol. The number of fused-ring (bicyclic) bond motifs is 3. The Morgan fingerprint density at radius 3 is 2.54 bits per heavy atom. The number of aryl methyl sites for hydroxylation is 1. The first-order valence-corrected chi connectivity index (χ1v) is 10.1. The van der Waals surface area contributed by atoms with E-state index in [0.717, 1.165) is 28.5 Å². The molecule has 5 heteroatoms. The van der Waals surface area contributed by atoms with Crippen molar-refractivity contribution < 1.29 is 13.2 Å². The van der Waals surface area contributed by atoms with Gasteiger partial charge in [0, 0.05) is 22.9 Å². The lowest BCUT2D eigenvalue weighted by Crippen LogP contribution is -2.08. The van der Waals surface area contributed by atoms with Crippen molar-refractivity contribution in [3.8, 4) is 0 Å². The van der Waals surface area contributed by atoms with Crippen molar-refractivity contribution in [1.82, 2.24) is 0 Å². The molecule has 0 spiro atoms. The van der Waals surface area contributed by atoms with Crippen LogP contribution in [0.5, 0.6) is 0 Å². The molecule has 0 saturated heterocycles. The van der Waals surface area contributed by atoms with Crippen molar-refractivity contribution in [1.29, 1.82) is 0 Å². The van der Waals surface area contributed by atoms with Gasteiger partial charge < -0.3 is 4.42 Å². The molecule has 2 aromatic carbocycles. The van der Waals surface area contributed by atoms with E-state index in [-0.39, 0.29) is 22.8 Å². The standard InChI is InChI=1S/C19H17F2OS2/c1-2-4-11-5-6-12-13-7-8-14(19-23-9-3-10-24-19)16(21)18(13)22-17(12)15(11)20/h5-8H,2-4,9-10H2,1H3/q+1. The Morgan fingerprint density at radius 1 is 1.08 bits per heavy atom. The van der Waals surface area contributed by atoms with E-state index >= 15 is 4.39 Å². The lowest BCUT2D eigenvalue weighted by atomic mass is 10.1. The Hall–Kier alpha value is -1.46. The van der Waals surface area contributed by atoms with Crippen LogP contribution in [0.25, 0.3) is 21.9 Å². The summed E-state index contributed by atoms with van der Waals surface area (Å²) in [6.07, 6.45) is 2.64. The fraction of sp³-hybridized carbons (Fsp3) is 0.316. The maximum absolute atomic E-state index is 15.0. The van der Waals surface area contributed by atoms with Crippen molar-refractivity contribution in [3.63, 3.8) is 0 Å². The molecule has 0 atom stereocenters. The minimum Gasteiger partial charge on any atom is -0.450 e. The molecule has 0 unspecified atom stereocenters. The molecule has 0 aliphatic carbocycles. The highest BCUT2D eigenvalue weighted by Gasteiger charge is 2.26. The number of rotatable bonds is 3. The topological polar surface area (TPSA) is 13.1 Å². The Morgan fingerprint density at radius 2 is 1.83 bits per heavy atom. The zero-order valence-corrected chi connectivity index (χ0v) is 15.0. The number of furan rings is 1. The van der Waals surface area contributed by atoms with E-state index in [4.69, 9.17) is 4.42 Å². The van der Waals surface area contributed by atoms with Gasteiger partial charge in [0.2, 0.25) is 0 Å². The zero-order valence-electron chi connectivity index (χ0n) is 13.3. The van der Waals surface area contributed by atoms with Gasteiger partial charge >= 0.3 is 0 Å². The Balaban J connectivity index is 1.94. The van der Waals surface area contributed by atoms with Crippen LogP contribution in [0.1, 0.15) is 30.9 Å². The minimum absolute atomic E-state index is 0.161. The fourth-order valence-electron chi connectivity index (χ4n) is 3.08. The van der Waals surface area contributed by atoms with Gasteiger partial charge in [-0.25, -0.2) is 8.78 Å². The molecule has 1 aliphatic rings. The van der Waals surface area contributed by atoms with Crippen molar-refractivity contribution in [2.24, 2.45) is 0 Å². The average Bonchev–Trinajstić information content (AvgIpc) is 2.99. The summed E-state index contributed by atoms with van der Waals surface area (Å²) in [5, 5.41) is 1.28. The quantitative estimate of drug-likeness (QED) is 0.449. The lowest BCUT2D eigenvalue weighted by Gasteiger charge is -2.03. The van der Waals surface area contributed by atoms with Gasteiger partial charge in [0.25, 0.3) is 4.20 Å². The minimum atomic E-state index is -0.378. The molecular formula is C19H17F2OS2+. The van der Waals surface area contributed by atoms with Crippen LogP contribution in [0, 0.1) is 11.6 Å². The smallest absolute Gasteiger partial charge is 0.268 e. The second-order valence-corrected chi connectivity index (χ2v) is 8.38. The van der Waals surface area contributed by atoms with Crippen LogP contribution in [0.3, 0.4) is 0 Å². The van der Waals surface area contributed by atoms with Gasteiger partial charge in [-0.1, -0.05) is 31.2 Å². The molecule has 0 bridgehead atoms. The second kappa shape index (κ2) is 6.45. The molecule has 1 aliphatic heterocycles. The van der Waals surface area contributed by atoms with Crippen LogP contribution in [-0.2, 0) is 17.8 Å². The van der Waals surface area contributed by atoms with Gasteiger partial charge in [0.05, 0.1) is 5.56 Å². The summed E-state index contributed by atoms with van der Waals surface area (Å²) in [7, 11) is 0. The van der Waals surface area contributed by atoms with E-state index < -0.39 is 0 Å². The Kier molecular flexibility index (Phi) is 4.31. The lowest BCUT2D eigenvalue weighted by molar-refractivity contribution is 0.550. The molecule has 0 saturated carbocycles. The second-order valence-electron chi connectivity index (χ2n) is 5.91. The highest BCUT2D eigenvalue weighted by molar-refractivity contribution is 8.23. The normalized spacial score (nSPS) is 15.2. The highest BCUT2D eigenvalue weighted by atomic mass is 32.2. The van der Waals surface area contributed by atoms with E-state index in [0.29, 0.717) is 28.3 Å². The predicted molar refractivity (Wildman–Crippen MR) is 101 cm³/mol. The number of benzene rings is 2. The maximum Gasteiger partial charge on any atom is 0.268 e. The zero-order chi connectivity index (χ0) is 16.7. The largest absolute Gasteiger partial charge is 0.450 e. The van der Waals surface area contributed by atoms with Gasteiger partial charge in [-0.3, -0.25) is 0 Å². The van der Waals surface area contributed by atoms with E-state index in [1.54, 1.807) is 35.2 Å². The highest BCUT2D eigenvalue weighted by Crippen LogP contribution is 2.35. The predicted octanol–water partition coefficient (Wildman–Crippen LogP) is 5.51. The molecule has 4 rings (SSSR count). The number of thioether (sulfide) groups is 1. The van der Waals surface area contributed by atoms with Crippen LogP contribution in [0.2, 0.25) is 0 Å². The summed E-state index contributed by atoms with van der Waals surface area (Å²) in [6.45, 7) is 2.00. The Bertz CT molecular complexity index is 959. The number of hydrogen-bond donors (Lipinski definition) is 0. The molecule has 0 fully saturated rings. The first-order valence-electron chi connectivity index (χ1n) is 8.15. The molecule has 1 nitrogen and oxygen atoms in total. The van der Waals surface area contributed by atoms with Crippen LogP contribution < -0.4 is 0 Å². The SMILES string of the molecule is CCCc1ccc2c(oc3c(F)c(C4=[S+]CCCS4)ccc32)c1F. The van der Waals surface area contributed by atoms with Gasteiger partial charge in [-0.15, -0.1) is 0 Å². The van der Waals surface area contributed by atoms with Crippen molar-refractivity contribution in [2.45, 2.75) is 26.2 Å².